The van der Waals surface area contributed by atoms with Crippen LogP contribution in [-0.4, -0.2) is 25.1 Å². The monoisotopic (exact) mass is 412 g/mol. The van der Waals surface area contributed by atoms with E-state index in [0.29, 0.717) is 17.2 Å². The number of benzene rings is 2. The number of rotatable bonds is 6. The van der Waals surface area contributed by atoms with Gasteiger partial charge in [-0.05, 0) is 31.2 Å². The number of sulfonamides is 1. The van der Waals surface area contributed by atoms with Crippen LogP contribution >= 0.6 is 0 Å². The van der Waals surface area contributed by atoms with Gasteiger partial charge >= 0.3 is 0 Å². The molecule has 0 spiro atoms. The lowest BCUT2D eigenvalue weighted by molar-refractivity contribution is 0.0412. The first kappa shape index (κ1) is 19.4. The Balaban J connectivity index is 1.50. The Labute approximate surface area is 168 Å². The molecule has 150 valence electrons. The minimum Gasteiger partial charge on any atom is -0.458 e. The van der Waals surface area contributed by atoms with E-state index in [-0.39, 0.29) is 17.2 Å². The summed E-state index contributed by atoms with van der Waals surface area (Å²) in [7, 11) is -3.82. The van der Waals surface area contributed by atoms with Crippen LogP contribution in [0.25, 0.3) is 22.2 Å². The molecule has 4 aromatic rings. The number of furan rings is 1. The summed E-state index contributed by atoms with van der Waals surface area (Å²) < 4.78 is 38.6. The SMILES string of the molecule is Cc1nc(-c2ccc(S(=O)(=O)NC[C@](C)(O)c3cc4ccccc4o3)cc2)co1. The smallest absolute Gasteiger partial charge is 0.240 e. The molecule has 0 radical (unpaired) electrons. The fourth-order valence-electron chi connectivity index (χ4n) is 2.95. The molecule has 0 saturated carbocycles. The van der Waals surface area contributed by atoms with Crippen LogP contribution in [0.4, 0.5) is 0 Å². The van der Waals surface area contributed by atoms with Gasteiger partial charge in [-0.25, -0.2) is 18.1 Å². The molecule has 29 heavy (non-hydrogen) atoms. The number of aromatic nitrogens is 1. The zero-order chi connectivity index (χ0) is 20.6. The van der Waals surface area contributed by atoms with Crippen molar-refractivity contribution in [3.63, 3.8) is 0 Å². The highest BCUT2D eigenvalue weighted by atomic mass is 32.2. The molecule has 2 heterocycles. The summed E-state index contributed by atoms with van der Waals surface area (Å²) in [6.07, 6.45) is 1.52. The molecule has 4 rings (SSSR count). The normalized spacial score (nSPS) is 14.2. The van der Waals surface area contributed by atoms with Crippen LogP contribution in [0.2, 0.25) is 0 Å². The van der Waals surface area contributed by atoms with Gasteiger partial charge in [0.05, 0.1) is 4.90 Å². The number of hydrogen-bond donors (Lipinski definition) is 2. The molecule has 0 bridgehead atoms. The molecular weight excluding hydrogens is 392 g/mol. The van der Waals surface area contributed by atoms with Crippen molar-refractivity contribution in [3.05, 3.63) is 72.5 Å². The lowest BCUT2D eigenvalue weighted by Gasteiger charge is -2.21. The van der Waals surface area contributed by atoms with Gasteiger partial charge in [-0.2, -0.15) is 0 Å². The van der Waals surface area contributed by atoms with Crippen molar-refractivity contribution in [2.45, 2.75) is 24.3 Å². The van der Waals surface area contributed by atoms with Crippen LogP contribution in [0.15, 0.2) is 74.6 Å². The summed E-state index contributed by atoms with van der Waals surface area (Å²) in [4.78, 5) is 4.30. The lowest BCUT2D eigenvalue weighted by atomic mass is 10.0. The van der Waals surface area contributed by atoms with Crippen molar-refractivity contribution >= 4 is 21.0 Å². The first-order chi connectivity index (χ1) is 13.7. The highest BCUT2D eigenvalue weighted by Gasteiger charge is 2.30. The fraction of sp³-hybridized carbons (Fsp3) is 0.190. The van der Waals surface area contributed by atoms with Crippen LogP contribution in [0, 0.1) is 6.92 Å². The van der Waals surface area contributed by atoms with Crippen LogP contribution in [-0.2, 0) is 15.6 Å². The number of nitrogens with one attached hydrogen (secondary N) is 1. The van der Waals surface area contributed by atoms with E-state index in [1.165, 1.54) is 25.3 Å². The predicted molar refractivity (Wildman–Crippen MR) is 108 cm³/mol. The Kier molecular flexibility index (Phi) is 4.77. The van der Waals surface area contributed by atoms with Crippen molar-refractivity contribution < 1.29 is 22.4 Å². The number of aryl methyl sites for hydroxylation is 1. The molecule has 0 aliphatic heterocycles. The maximum absolute atomic E-state index is 12.6. The van der Waals surface area contributed by atoms with Gasteiger partial charge in [0.1, 0.15) is 28.9 Å². The predicted octanol–water partition coefficient (Wildman–Crippen LogP) is 3.58. The summed E-state index contributed by atoms with van der Waals surface area (Å²) >= 11 is 0. The third kappa shape index (κ3) is 3.95. The van der Waals surface area contributed by atoms with Gasteiger partial charge in [-0.1, -0.05) is 30.3 Å². The average molecular weight is 412 g/mol. The number of fused-ring (bicyclic) bond motifs is 1. The molecule has 7 nitrogen and oxygen atoms in total. The van der Waals surface area contributed by atoms with E-state index in [2.05, 4.69) is 9.71 Å². The first-order valence-corrected chi connectivity index (χ1v) is 10.5. The van der Waals surface area contributed by atoms with Gasteiger partial charge in [0.25, 0.3) is 0 Å². The molecule has 1 atom stereocenters. The molecule has 0 aliphatic carbocycles. The van der Waals surface area contributed by atoms with E-state index in [1.807, 2.05) is 18.2 Å². The van der Waals surface area contributed by atoms with Crippen molar-refractivity contribution in [1.29, 1.82) is 0 Å². The zero-order valence-electron chi connectivity index (χ0n) is 15.9. The largest absolute Gasteiger partial charge is 0.458 e. The molecule has 8 heteroatoms. The molecule has 0 unspecified atom stereocenters. The molecular formula is C21H20N2O5S. The van der Waals surface area contributed by atoms with Crippen LogP contribution in [0.3, 0.4) is 0 Å². The second-order valence-corrected chi connectivity index (χ2v) is 8.79. The minimum atomic E-state index is -3.82. The third-order valence-corrected chi connectivity index (χ3v) is 6.06. The highest BCUT2D eigenvalue weighted by Crippen LogP contribution is 2.28. The summed E-state index contributed by atoms with van der Waals surface area (Å²) in [5.74, 6) is 0.823. The van der Waals surface area contributed by atoms with E-state index in [0.717, 1.165) is 10.9 Å². The molecule has 0 aliphatic rings. The molecule has 2 N–H and O–H groups in total. The van der Waals surface area contributed by atoms with Crippen molar-refractivity contribution in [2.24, 2.45) is 0 Å². The van der Waals surface area contributed by atoms with E-state index < -0.39 is 15.6 Å². The van der Waals surface area contributed by atoms with Gasteiger partial charge < -0.3 is 13.9 Å². The Morgan fingerprint density at radius 2 is 1.86 bits per heavy atom. The number of oxazole rings is 1. The summed E-state index contributed by atoms with van der Waals surface area (Å²) in [5.41, 5.74) is 0.496. The van der Waals surface area contributed by atoms with Gasteiger partial charge in [0.2, 0.25) is 10.0 Å². The van der Waals surface area contributed by atoms with Crippen LogP contribution in [0.1, 0.15) is 18.6 Å². The summed E-state index contributed by atoms with van der Waals surface area (Å²) in [5, 5.41) is 11.6. The highest BCUT2D eigenvalue weighted by molar-refractivity contribution is 7.89. The minimum absolute atomic E-state index is 0.0851. The standard InChI is InChI=1S/C21H20N2O5S/c1-14-23-18(12-27-14)15-7-9-17(10-8-15)29(25,26)22-13-21(2,24)20-11-16-5-3-4-6-19(16)28-20/h3-12,22,24H,13H2,1-2H3/t21-/m0/s1. The van der Waals surface area contributed by atoms with Crippen LogP contribution < -0.4 is 4.72 Å². The molecule has 0 amide bonds. The van der Waals surface area contributed by atoms with E-state index in [1.54, 1.807) is 31.2 Å². The number of nitrogens with zero attached hydrogens (tertiary/aromatic N) is 1. The molecule has 2 aromatic heterocycles. The maximum atomic E-state index is 12.6. The molecule has 0 fully saturated rings. The third-order valence-electron chi connectivity index (χ3n) is 4.64. The molecule has 2 aromatic carbocycles. The van der Waals surface area contributed by atoms with E-state index >= 15 is 0 Å². The Morgan fingerprint density at radius 3 is 2.52 bits per heavy atom. The van der Waals surface area contributed by atoms with Crippen molar-refractivity contribution in [3.8, 4) is 11.3 Å². The quantitative estimate of drug-likeness (QED) is 0.501. The van der Waals surface area contributed by atoms with Crippen molar-refractivity contribution in [1.82, 2.24) is 9.71 Å². The van der Waals surface area contributed by atoms with Gasteiger partial charge in [0.15, 0.2) is 5.89 Å². The topological polar surface area (TPSA) is 106 Å². The second kappa shape index (κ2) is 7.14. The Morgan fingerprint density at radius 1 is 1.14 bits per heavy atom. The summed E-state index contributed by atoms with van der Waals surface area (Å²) in [6, 6.07) is 15.3. The van der Waals surface area contributed by atoms with E-state index in [4.69, 9.17) is 8.83 Å². The fourth-order valence-corrected chi connectivity index (χ4v) is 4.09. The van der Waals surface area contributed by atoms with Gasteiger partial charge in [-0.3, -0.25) is 0 Å². The molecule has 0 saturated heterocycles. The summed E-state index contributed by atoms with van der Waals surface area (Å²) in [6.45, 7) is 3.00. The number of aliphatic hydroxyl groups is 1. The second-order valence-electron chi connectivity index (χ2n) is 7.02. The van der Waals surface area contributed by atoms with Gasteiger partial charge in [-0.15, -0.1) is 0 Å². The lowest BCUT2D eigenvalue weighted by Crippen LogP contribution is -2.38. The maximum Gasteiger partial charge on any atom is 0.240 e. The number of para-hydroxylation sites is 1. The Bertz CT molecular complexity index is 1220. The zero-order valence-corrected chi connectivity index (χ0v) is 16.7. The van der Waals surface area contributed by atoms with Crippen LogP contribution in [0.5, 0.6) is 0 Å². The number of hydrogen-bond acceptors (Lipinski definition) is 6. The van der Waals surface area contributed by atoms with Gasteiger partial charge in [0, 0.05) is 24.4 Å². The van der Waals surface area contributed by atoms with E-state index in [9.17, 15) is 13.5 Å². The average Bonchev–Trinajstić information content (AvgIpc) is 3.33. The Hall–Kier alpha value is -2.94. The first-order valence-electron chi connectivity index (χ1n) is 8.98. The van der Waals surface area contributed by atoms with Crippen molar-refractivity contribution in [2.75, 3.05) is 6.54 Å².